The summed E-state index contributed by atoms with van der Waals surface area (Å²) in [5, 5.41) is 10.1. The summed E-state index contributed by atoms with van der Waals surface area (Å²) < 4.78 is 0. The second-order valence-electron chi connectivity index (χ2n) is 7.24. The Bertz CT molecular complexity index is 696. The molecule has 0 aliphatic carbocycles. The van der Waals surface area contributed by atoms with E-state index in [1.165, 1.54) is 5.56 Å². The fourth-order valence-electron chi connectivity index (χ4n) is 2.50. The number of carboxylic acid groups (broad SMARTS) is 1. The van der Waals surface area contributed by atoms with Gasteiger partial charge in [0, 0.05) is 22.9 Å². The first-order valence-electron chi connectivity index (χ1n) is 7.84. The van der Waals surface area contributed by atoms with Gasteiger partial charge in [0.15, 0.2) is 0 Å². The highest BCUT2D eigenvalue weighted by atomic mass is 16.4. The van der Waals surface area contributed by atoms with Crippen molar-refractivity contribution in [3.63, 3.8) is 0 Å². The van der Waals surface area contributed by atoms with Crippen LogP contribution in [0.3, 0.4) is 0 Å². The first kappa shape index (κ1) is 16.5. The number of carbonyl (C=O) groups is 1. The van der Waals surface area contributed by atoms with Gasteiger partial charge in [-0.3, -0.25) is 9.78 Å². The Kier molecular flexibility index (Phi) is 4.55. The van der Waals surface area contributed by atoms with E-state index in [0.717, 1.165) is 22.2 Å². The summed E-state index contributed by atoms with van der Waals surface area (Å²) in [5.74, 6) is -0.318. The quantitative estimate of drug-likeness (QED) is 0.892. The molecule has 3 nitrogen and oxygen atoms in total. The molecule has 2 rings (SSSR count). The van der Waals surface area contributed by atoms with Crippen LogP contribution >= 0.6 is 0 Å². The highest BCUT2D eigenvalue weighted by molar-refractivity contribution is 5.84. The van der Waals surface area contributed by atoms with Gasteiger partial charge in [-0.05, 0) is 41.7 Å². The van der Waals surface area contributed by atoms with Crippen molar-refractivity contribution in [1.82, 2.24) is 4.98 Å². The average molecular weight is 299 g/mol. The number of benzene rings is 1. The van der Waals surface area contributed by atoms with E-state index in [0.29, 0.717) is 12.3 Å². The van der Waals surface area contributed by atoms with E-state index in [4.69, 9.17) is 10.1 Å². The smallest absolute Gasteiger partial charge is 0.303 e. The van der Waals surface area contributed by atoms with E-state index in [1.54, 1.807) is 0 Å². The maximum absolute atomic E-state index is 11.0. The number of aryl methyl sites for hydroxylation is 1. The number of carboxylic acids is 1. The maximum atomic E-state index is 11.0. The molecule has 0 atom stereocenters. The van der Waals surface area contributed by atoms with Gasteiger partial charge in [0.25, 0.3) is 0 Å². The minimum absolute atomic E-state index is 0.0527. The van der Waals surface area contributed by atoms with Crippen LogP contribution in [0.15, 0.2) is 24.3 Å². The molecule has 1 aromatic carbocycles. The molecule has 0 aliphatic rings. The van der Waals surface area contributed by atoms with E-state index in [1.807, 2.05) is 0 Å². The van der Waals surface area contributed by atoms with Gasteiger partial charge in [0.1, 0.15) is 0 Å². The molecule has 0 radical (unpaired) electrons. The number of aliphatic carboxylic acids is 1. The minimum atomic E-state index is -0.762. The normalized spacial score (nSPS) is 12.1. The molecule has 1 heterocycles. The zero-order valence-corrected chi connectivity index (χ0v) is 14.1. The van der Waals surface area contributed by atoms with Crippen LogP contribution in [0, 0.1) is 0 Å². The van der Waals surface area contributed by atoms with Crippen molar-refractivity contribution in [1.29, 1.82) is 0 Å². The van der Waals surface area contributed by atoms with Crippen LogP contribution < -0.4 is 0 Å². The third kappa shape index (κ3) is 3.65. The zero-order valence-electron chi connectivity index (χ0n) is 14.1. The van der Waals surface area contributed by atoms with Crippen LogP contribution in [0.4, 0.5) is 0 Å². The highest BCUT2D eigenvalue weighted by Gasteiger charge is 2.18. The Morgan fingerprint density at radius 3 is 2.45 bits per heavy atom. The van der Waals surface area contributed by atoms with Gasteiger partial charge in [-0.15, -0.1) is 0 Å². The molecule has 22 heavy (non-hydrogen) atoms. The van der Waals surface area contributed by atoms with Crippen molar-refractivity contribution in [2.75, 3.05) is 0 Å². The molecule has 2 aromatic rings. The number of fused-ring (bicyclic) bond motifs is 1. The second-order valence-corrected chi connectivity index (χ2v) is 7.24. The third-order valence-corrected chi connectivity index (χ3v) is 3.96. The Morgan fingerprint density at radius 2 is 1.91 bits per heavy atom. The molecule has 0 fully saturated rings. The van der Waals surface area contributed by atoms with Gasteiger partial charge in [-0.2, -0.15) is 0 Å². The first-order chi connectivity index (χ1) is 10.2. The SMILES string of the molecule is CC(C)c1ccc2nc(C(C)(C)C)cc(CCC(=O)O)c2c1. The summed E-state index contributed by atoms with van der Waals surface area (Å²) in [7, 11) is 0. The fraction of sp³-hybridized carbons (Fsp3) is 0.474. The first-order valence-corrected chi connectivity index (χ1v) is 7.84. The maximum Gasteiger partial charge on any atom is 0.303 e. The van der Waals surface area contributed by atoms with Gasteiger partial charge in [-0.25, -0.2) is 0 Å². The predicted molar refractivity (Wildman–Crippen MR) is 90.5 cm³/mol. The fourth-order valence-corrected chi connectivity index (χ4v) is 2.50. The van der Waals surface area contributed by atoms with Crippen molar-refractivity contribution in [2.45, 2.75) is 58.8 Å². The van der Waals surface area contributed by atoms with Crippen LogP contribution in [-0.2, 0) is 16.6 Å². The van der Waals surface area contributed by atoms with Crippen LogP contribution in [-0.4, -0.2) is 16.1 Å². The number of aromatic nitrogens is 1. The molecule has 0 amide bonds. The number of nitrogens with zero attached hydrogens (tertiary/aromatic N) is 1. The Labute approximate surface area is 132 Å². The lowest BCUT2D eigenvalue weighted by Crippen LogP contribution is -2.14. The van der Waals surface area contributed by atoms with E-state index in [2.05, 4.69) is 58.9 Å². The summed E-state index contributed by atoms with van der Waals surface area (Å²) in [6, 6.07) is 8.42. The summed E-state index contributed by atoms with van der Waals surface area (Å²) in [6.07, 6.45) is 0.688. The molecule has 3 heteroatoms. The number of hydrogen-bond acceptors (Lipinski definition) is 2. The minimum Gasteiger partial charge on any atom is -0.481 e. The number of hydrogen-bond donors (Lipinski definition) is 1. The Balaban J connectivity index is 2.62. The Morgan fingerprint density at radius 1 is 1.23 bits per heavy atom. The summed E-state index contributed by atoms with van der Waals surface area (Å²) in [6.45, 7) is 10.7. The molecule has 0 saturated heterocycles. The molecule has 0 unspecified atom stereocenters. The van der Waals surface area contributed by atoms with Crippen LogP contribution in [0.1, 0.15) is 63.8 Å². The van der Waals surface area contributed by atoms with Crippen molar-refractivity contribution in [3.8, 4) is 0 Å². The van der Waals surface area contributed by atoms with Crippen molar-refractivity contribution in [3.05, 3.63) is 41.1 Å². The molecular weight excluding hydrogens is 274 g/mol. The summed E-state index contributed by atoms with van der Waals surface area (Å²) in [4.78, 5) is 15.7. The molecule has 118 valence electrons. The highest BCUT2D eigenvalue weighted by Crippen LogP contribution is 2.29. The van der Waals surface area contributed by atoms with Crippen LogP contribution in [0.25, 0.3) is 10.9 Å². The molecule has 0 bridgehead atoms. The molecule has 0 saturated carbocycles. The van der Waals surface area contributed by atoms with Crippen LogP contribution in [0.5, 0.6) is 0 Å². The number of pyridine rings is 1. The summed E-state index contributed by atoms with van der Waals surface area (Å²) in [5.41, 5.74) is 4.26. The van der Waals surface area contributed by atoms with Gasteiger partial charge in [0.2, 0.25) is 0 Å². The van der Waals surface area contributed by atoms with Gasteiger partial charge < -0.3 is 5.11 Å². The van der Waals surface area contributed by atoms with Crippen molar-refractivity contribution in [2.24, 2.45) is 0 Å². The lowest BCUT2D eigenvalue weighted by Gasteiger charge is -2.20. The molecule has 1 N–H and O–H groups in total. The van der Waals surface area contributed by atoms with E-state index in [9.17, 15) is 4.79 Å². The van der Waals surface area contributed by atoms with Gasteiger partial charge in [-0.1, -0.05) is 40.7 Å². The average Bonchev–Trinajstić information content (AvgIpc) is 2.42. The largest absolute Gasteiger partial charge is 0.481 e. The van der Waals surface area contributed by atoms with Gasteiger partial charge in [0.05, 0.1) is 5.52 Å². The van der Waals surface area contributed by atoms with Crippen molar-refractivity contribution >= 4 is 16.9 Å². The van der Waals surface area contributed by atoms with Gasteiger partial charge >= 0.3 is 5.97 Å². The standard InChI is InChI=1S/C19H25NO2/c1-12(2)13-6-8-16-15(10-13)14(7-9-18(21)22)11-17(20-16)19(3,4)5/h6,8,10-12H,7,9H2,1-5H3,(H,21,22). The monoisotopic (exact) mass is 299 g/mol. The Hall–Kier alpha value is -1.90. The molecule has 0 aliphatic heterocycles. The van der Waals surface area contributed by atoms with E-state index >= 15 is 0 Å². The third-order valence-electron chi connectivity index (χ3n) is 3.96. The van der Waals surface area contributed by atoms with Crippen molar-refractivity contribution < 1.29 is 9.90 Å². The lowest BCUT2D eigenvalue weighted by atomic mass is 9.88. The molecular formula is C19H25NO2. The van der Waals surface area contributed by atoms with E-state index in [-0.39, 0.29) is 11.8 Å². The predicted octanol–water partition coefficient (Wildman–Crippen LogP) is 4.67. The van der Waals surface area contributed by atoms with E-state index < -0.39 is 5.97 Å². The number of rotatable bonds is 4. The molecule has 0 spiro atoms. The molecule has 1 aromatic heterocycles. The lowest BCUT2D eigenvalue weighted by molar-refractivity contribution is -0.136. The topological polar surface area (TPSA) is 50.2 Å². The second kappa shape index (κ2) is 6.07. The van der Waals surface area contributed by atoms with Crippen LogP contribution in [0.2, 0.25) is 0 Å². The zero-order chi connectivity index (χ0) is 16.5. The summed E-state index contributed by atoms with van der Waals surface area (Å²) >= 11 is 0.